The van der Waals surface area contributed by atoms with E-state index in [1.54, 1.807) is 18.2 Å². The quantitative estimate of drug-likeness (QED) is 0.620. The van der Waals surface area contributed by atoms with Gasteiger partial charge in [-0.2, -0.15) is 0 Å². The highest BCUT2D eigenvalue weighted by Crippen LogP contribution is 2.38. The fourth-order valence-corrected chi connectivity index (χ4v) is 2.90. The molecule has 2 aromatic carbocycles. The number of benzene rings is 2. The number of hydrogen-bond donors (Lipinski definition) is 1. The van der Waals surface area contributed by atoms with Crippen molar-refractivity contribution in [3.63, 3.8) is 0 Å². The first kappa shape index (κ1) is 16.9. The zero-order valence-corrected chi connectivity index (χ0v) is 15.0. The van der Waals surface area contributed by atoms with Crippen molar-refractivity contribution in [2.45, 2.75) is 19.4 Å². The summed E-state index contributed by atoms with van der Waals surface area (Å²) in [5.41, 5.74) is 6.83. The Morgan fingerprint density at radius 2 is 1.71 bits per heavy atom. The Hall–Kier alpha value is -0.450. The topological polar surface area (TPSA) is 35.2 Å². The normalized spacial score (nSPS) is 12.3. The third-order valence-corrected chi connectivity index (χ3v) is 4.54. The number of rotatable bonds is 4. The molecule has 21 heavy (non-hydrogen) atoms. The van der Waals surface area contributed by atoms with E-state index in [-0.39, 0.29) is 6.04 Å². The van der Waals surface area contributed by atoms with Crippen LogP contribution in [0.2, 0.25) is 15.1 Å². The number of halogens is 4. The predicted molar refractivity (Wildman–Crippen MR) is 93.0 cm³/mol. The largest absolute Gasteiger partial charge is 0.454 e. The van der Waals surface area contributed by atoms with Gasteiger partial charge in [0.2, 0.25) is 0 Å². The molecule has 112 valence electrons. The minimum Gasteiger partial charge on any atom is -0.454 e. The summed E-state index contributed by atoms with van der Waals surface area (Å²) in [5.74, 6) is 0.970. The molecule has 0 aliphatic carbocycles. The van der Waals surface area contributed by atoms with Gasteiger partial charge in [-0.1, -0.05) is 40.9 Å². The Kier molecular flexibility index (Phi) is 5.81. The lowest BCUT2D eigenvalue weighted by molar-refractivity contribution is 0.483. The number of nitrogens with two attached hydrogens (primary N) is 1. The van der Waals surface area contributed by atoms with Crippen LogP contribution in [0, 0.1) is 0 Å². The fourth-order valence-electron chi connectivity index (χ4n) is 1.83. The Morgan fingerprint density at radius 3 is 2.33 bits per heavy atom. The van der Waals surface area contributed by atoms with E-state index in [2.05, 4.69) is 15.9 Å². The lowest BCUT2D eigenvalue weighted by atomic mass is 10.1. The summed E-state index contributed by atoms with van der Waals surface area (Å²) < 4.78 is 6.44. The summed E-state index contributed by atoms with van der Waals surface area (Å²) in [6.45, 7) is 1.95. The maximum Gasteiger partial charge on any atom is 0.147 e. The number of ether oxygens (including phenoxy) is 1. The first-order chi connectivity index (χ1) is 9.86. The van der Waals surface area contributed by atoms with Gasteiger partial charge in [-0.3, -0.25) is 0 Å². The molecule has 1 atom stereocenters. The molecule has 6 heteroatoms. The van der Waals surface area contributed by atoms with Crippen molar-refractivity contribution in [3.8, 4) is 11.5 Å². The molecule has 0 aliphatic rings. The summed E-state index contributed by atoms with van der Waals surface area (Å²) >= 11 is 21.7. The maximum atomic E-state index is 6.24. The van der Waals surface area contributed by atoms with Crippen molar-refractivity contribution in [1.82, 2.24) is 0 Å². The highest BCUT2D eigenvalue weighted by Gasteiger charge is 2.11. The van der Waals surface area contributed by atoms with Crippen molar-refractivity contribution in [3.05, 3.63) is 55.4 Å². The smallest absolute Gasteiger partial charge is 0.147 e. The molecule has 2 aromatic rings. The summed E-state index contributed by atoms with van der Waals surface area (Å²) in [6.07, 6.45) is 0.755. The van der Waals surface area contributed by atoms with E-state index in [0.717, 1.165) is 12.0 Å². The summed E-state index contributed by atoms with van der Waals surface area (Å²) in [4.78, 5) is 0. The summed E-state index contributed by atoms with van der Waals surface area (Å²) in [7, 11) is 0. The van der Waals surface area contributed by atoms with E-state index in [1.165, 1.54) is 0 Å². The molecule has 1 unspecified atom stereocenters. The minimum absolute atomic E-state index is 0.0764. The van der Waals surface area contributed by atoms with Crippen LogP contribution in [-0.4, -0.2) is 6.04 Å². The van der Waals surface area contributed by atoms with E-state index < -0.39 is 0 Å². The van der Waals surface area contributed by atoms with Crippen LogP contribution in [0.1, 0.15) is 12.5 Å². The molecule has 0 saturated heterocycles. The molecule has 0 aromatic heterocycles. The molecule has 0 aliphatic heterocycles. The molecule has 2 nitrogen and oxygen atoms in total. The van der Waals surface area contributed by atoms with E-state index >= 15 is 0 Å². The zero-order chi connectivity index (χ0) is 15.6. The van der Waals surface area contributed by atoms with Crippen LogP contribution in [0.3, 0.4) is 0 Å². The fraction of sp³-hybridized carbons (Fsp3) is 0.200. The van der Waals surface area contributed by atoms with Gasteiger partial charge in [-0.05, 0) is 53.0 Å². The van der Waals surface area contributed by atoms with Gasteiger partial charge in [-0.25, -0.2) is 0 Å². The Labute approximate surface area is 147 Å². The molecule has 2 rings (SSSR count). The molecule has 0 bridgehead atoms. The van der Waals surface area contributed by atoms with E-state index in [4.69, 9.17) is 45.3 Å². The summed E-state index contributed by atoms with van der Waals surface area (Å²) in [6, 6.07) is 8.96. The van der Waals surface area contributed by atoms with Crippen molar-refractivity contribution in [2.75, 3.05) is 0 Å². The average Bonchev–Trinajstić information content (AvgIpc) is 2.38. The van der Waals surface area contributed by atoms with E-state index in [9.17, 15) is 0 Å². The Morgan fingerprint density at radius 1 is 1.05 bits per heavy atom. The van der Waals surface area contributed by atoms with Crippen LogP contribution in [0.25, 0.3) is 0 Å². The van der Waals surface area contributed by atoms with Gasteiger partial charge in [0.15, 0.2) is 0 Å². The Bertz CT molecular complexity index is 662. The van der Waals surface area contributed by atoms with Gasteiger partial charge in [0, 0.05) is 16.6 Å². The first-order valence-electron chi connectivity index (χ1n) is 6.23. The van der Waals surface area contributed by atoms with Gasteiger partial charge >= 0.3 is 0 Å². The van der Waals surface area contributed by atoms with Crippen molar-refractivity contribution >= 4 is 50.7 Å². The Balaban J connectivity index is 2.26. The van der Waals surface area contributed by atoms with Crippen molar-refractivity contribution in [1.29, 1.82) is 0 Å². The van der Waals surface area contributed by atoms with Crippen LogP contribution >= 0.6 is 50.7 Å². The van der Waals surface area contributed by atoms with Gasteiger partial charge in [0.05, 0.1) is 15.1 Å². The van der Waals surface area contributed by atoms with Gasteiger partial charge < -0.3 is 10.5 Å². The second kappa shape index (κ2) is 7.21. The highest BCUT2D eigenvalue weighted by molar-refractivity contribution is 9.10. The van der Waals surface area contributed by atoms with Crippen LogP contribution in [0.5, 0.6) is 11.5 Å². The monoisotopic (exact) mass is 407 g/mol. The predicted octanol–water partition coefficient (Wildman–Crippen LogP) is 6.09. The van der Waals surface area contributed by atoms with Crippen LogP contribution in [0.15, 0.2) is 34.8 Å². The molecule has 2 N–H and O–H groups in total. The second-order valence-corrected chi connectivity index (χ2v) is 6.82. The van der Waals surface area contributed by atoms with E-state index in [1.807, 2.05) is 19.1 Å². The maximum absolute atomic E-state index is 6.24. The molecular formula is C15H13BrCl3NO. The summed E-state index contributed by atoms with van der Waals surface area (Å²) in [5, 5.41) is 1.46. The minimum atomic E-state index is 0.0764. The third kappa shape index (κ3) is 4.51. The molecule has 0 heterocycles. The van der Waals surface area contributed by atoms with E-state index in [0.29, 0.717) is 31.0 Å². The number of hydrogen-bond acceptors (Lipinski definition) is 2. The lowest BCUT2D eigenvalue weighted by Gasteiger charge is -2.12. The third-order valence-electron chi connectivity index (χ3n) is 2.75. The van der Waals surface area contributed by atoms with Crippen molar-refractivity contribution < 1.29 is 4.74 Å². The van der Waals surface area contributed by atoms with Crippen molar-refractivity contribution in [2.24, 2.45) is 5.73 Å². The van der Waals surface area contributed by atoms with Gasteiger partial charge in [-0.15, -0.1) is 0 Å². The van der Waals surface area contributed by atoms with Crippen LogP contribution < -0.4 is 10.5 Å². The SMILES string of the molecule is CC(N)Cc1ccc(Oc2cc(Cl)c(Br)cc2Cl)c(Cl)c1. The second-order valence-electron chi connectivity index (χ2n) is 4.74. The molecular weight excluding hydrogens is 396 g/mol. The highest BCUT2D eigenvalue weighted by atomic mass is 79.9. The molecule has 0 amide bonds. The molecule has 0 radical (unpaired) electrons. The van der Waals surface area contributed by atoms with Gasteiger partial charge in [0.1, 0.15) is 11.5 Å². The molecule has 0 spiro atoms. The standard InChI is InChI=1S/C15H13BrCl3NO/c1-8(20)4-9-2-3-14(12(18)5-9)21-15-7-11(17)10(16)6-13(15)19/h2-3,5-8H,4,20H2,1H3. The van der Waals surface area contributed by atoms with Crippen LogP contribution in [0.4, 0.5) is 0 Å². The van der Waals surface area contributed by atoms with Crippen LogP contribution in [-0.2, 0) is 6.42 Å². The lowest BCUT2D eigenvalue weighted by Crippen LogP contribution is -2.17. The first-order valence-corrected chi connectivity index (χ1v) is 8.16. The zero-order valence-electron chi connectivity index (χ0n) is 11.2. The molecule has 0 saturated carbocycles. The molecule has 0 fully saturated rings. The van der Waals surface area contributed by atoms with Gasteiger partial charge in [0.25, 0.3) is 0 Å². The average molecular weight is 410 g/mol.